The first-order valence-electron chi connectivity index (χ1n) is 13.1. The quantitative estimate of drug-likeness (QED) is 0.364. The first-order valence-corrected chi connectivity index (χ1v) is 13.1. The predicted octanol–water partition coefficient (Wildman–Crippen LogP) is 4.64. The van der Waals surface area contributed by atoms with Gasteiger partial charge in [0.15, 0.2) is 11.4 Å². The Labute approximate surface area is 220 Å². The number of aromatic nitrogens is 6. The Kier molecular flexibility index (Phi) is 6.22. The maximum absolute atomic E-state index is 12.7. The van der Waals surface area contributed by atoms with Gasteiger partial charge in [-0.15, -0.1) is 0 Å². The second-order valence-electron chi connectivity index (χ2n) is 9.98. The van der Waals surface area contributed by atoms with Crippen LogP contribution in [0.25, 0.3) is 22.4 Å². The van der Waals surface area contributed by atoms with Gasteiger partial charge in [-0.05, 0) is 58.1 Å². The minimum atomic E-state index is -0.138. The second-order valence-corrected chi connectivity index (χ2v) is 9.98. The number of nitrogens with one attached hydrogen (secondary N) is 2. The average Bonchev–Trinajstić information content (AvgIpc) is 3.63. The summed E-state index contributed by atoms with van der Waals surface area (Å²) in [6.45, 7) is 4.59. The van der Waals surface area contributed by atoms with Crippen molar-refractivity contribution in [2.24, 2.45) is 13.0 Å². The molecule has 1 aliphatic heterocycles. The van der Waals surface area contributed by atoms with E-state index in [1.807, 2.05) is 42.7 Å². The normalized spacial score (nSPS) is 17.5. The molecule has 0 spiro atoms. The highest BCUT2D eigenvalue weighted by atomic mass is 16.5. The van der Waals surface area contributed by atoms with E-state index in [0.717, 1.165) is 60.6 Å². The van der Waals surface area contributed by atoms with Gasteiger partial charge in [0.2, 0.25) is 5.91 Å². The van der Waals surface area contributed by atoms with E-state index in [9.17, 15) is 4.79 Å². The fraction of sp³-hybridized carbons (Fsp3) is 0.444. The zero-order chi connectivity index (χ0) is 26.4. The van der Waals surface area contributed by atoms with Gasteiger partial charge in [-0.1, -0.05) is 6.07 Å². The van der Waals surface area contributed by atoms with Crippen LogP contribution in [0.1, 0.15) is 49.9 Å². The van der Waals surface area contributed by atoms with Crippen LogP contribution in [0.15, 0.2) is 24.3 Å². The van der Waals surface area contributed by atoms with Crippen molar-refractivity contribution < 1.29 is 14.3 Å². The molecule has 1 atom stereocenters. The van der Waals surface area contributed by atoms with Gasteiger partial charge in [-0.2, -0.15) is 15.0 Å². The van der Waals surface area contributed by atoms with Crippen molar-refractivity contribution in [1.29, 1.82) is 0 Å². The first-order chi connectivity index (χ1) is 18.4. The van der Waals surface area contributed by atoms with Gasteiger partial charge in [-0.25, -0.2) is 9.97 Å². The van der Waals surface area contributed by atoms with Gasteiger partial charge in [0.05, 0.1) is 24.2 Å². The van der Waals surface area contributed by atoms with Crippen LogP contribution >= 0.6 is 0 Å². The Morgan fingerprint density at radius 3 is 2.63 bits per heavy atom. The van der Waals surface area contributed by atoms with Crippen molar-refractivity contribution in [2.45, 2.75) is 52.2 Å². The standard InChI is InChI=1S/C27H32N8O3/c1-15-23(33-34(3)32-15)18-8-7-9-19(25(18)37-4)29-20-14-21(31-27(36)17-11-12-17)30-26-24(20)28-16(2)35(26)22-10-5-6-13-38-22/h7-9,14,17,22H,5-6,10-13H2,1-4H3,(H2,29,30,31,36). The Hall–Kier alpha value is -3.99. The molecule has 11 nitrogen and oxygen atoms in total. The summed E-state index contributed by atoms with van der Waals surface area (Å²) in [4.78, 5) is 23.9. The lowest BCUT2D eigenvalue weighted by atomic mass is 10.1. The third-order valence-electron chi connectivity index (χ3n) is 7.09. The van der Waals surface area contributed by atoms with Crippen molar-refractivity contribution in [2.75, 3.05) is 24.4 Å². The minimum absolute atomic E-state index is 0.00258. The molecule has 4 aromatic rings. The highest BCUT2D eigenvalue weighted by molar-refractivity contribution is 5.97. The van der Waals surface area contributed by atoms with Crippen LogP contribution in [0.2, 0.25) is 0 Å². The molecule has 2 N–H and O–H groups in total. The number of amides is 1. The number of fused-ring (bicyclic) bond motifs is 1. The van der Waals surface area contributed by atoms with Crippen LogP contribution in [-0.4, -0.2) is 49.2 Å². The highest BCUT2D eigenvalue weighted by Gasteiger charge is 2.31. The minimum Gasteiger partial charge on any atom is -0.494 e. The molecular weight excluding hydrogens is 484 g/mol. The Morgan fingerprint density at radius 1 is 1.11 bits per heavy atom. The Balaban J connectivity index is 1.46. The topological polar surface area (TPSA) is 121 Å². The van der Waals surface area contributed by atoms with Crippen LogP contribution in [0, 0.1) is 19.8 Å². The van der Waals surface area contributed by atoms with E-state index >= 15 is 0 Å². The molecule has 1 saturated heterocycles. The van der Waals surface area contributed by atoms with Crippen molar-refractivity contribution in [3.05, 3.63) is 35.8 Å². The number of aryl methyl sites for hydroxylation is 3. The third kappa shape index (κ3) is 4.47. The first kappa shape index (κ1) is 24.4. The van der Waals surface area contributed by atoms with E-state index in [-0.39, 0.29) is 18.1 Å². The molecule has 38 heavy (non-hydrogen) atoms. The molecule has 2 aliphatic rings. The average molecular weight is 517 g/mol. The molecule has 198 valence electrons. The van der Waals surface area contributed by atoms with E-state index in [1.54, 1.807) is 19.0 Å². The van der Waals surface area contributed by atoms with Crippen molar-refractivity contribution in [1.82, 2.24) is 29.5 Å². The monoisotopic (exact) mass is 516 g/mol. The molecule has 1 aliphatic carbocycles. The zero-order valence-electron chi connectivity index (χ0n) is 22.1. The summed E-state index contributed by atoms with van der Waals surface area (Å²) in [5.41, 5.74) is 5.21. The zero-order valence-corrected chi connectivity index (χ0v) is 22.1. The summed E-state index contributed by atoms with van der Waals surface area (Å²) >= 11 is 0. The summed E-state index contributed by atoms with van der Waals surface area (Å²) in [6, 6.07) is 7.68. The third-order valence-corrected chi connectivity index (χ3v) is 7.09. The van der Waals surface area contributed by atoms with Gasteiger partial charge < -0.3 is 20.1 Å². The number of ether oxygens (including phenoxy) is 2. The van der Waals surface area contributed by atoms with Crippen LogP contribution < -0.4 is 15.4 Å². The number of rotatable bonds is 7. The van der Waals surface area contributed by atoms with Crippen molar-refractivity contribution in [3.8, 4) is 17.0 Å². The number of benzene rings is 1. The van der Waals surface area contributed by atoms with Crippen LogP contribution in [0.3, 0.4) is 0 Å². The number of imidazole rings is 1. The highest BCUT2D eigenvalue weighted by Crippen LogP contribution is 2.40. The number of hydrogen-bond acceptors (Lipinski definition) is 8. The molecule has 6 rings (SSSR count). The molecule has 4 heterocycles. The number of pyridine rings is 1. The van der Waals surface area contributed by atoms with Gasteiger partial charge in [0.25, 0.3) is 0 Å². The second kappa shape index (κ2) is 9.71. The number of para-hydroxylation sites is 1. The Morgan fingerprint density at radius 2 is 1.95 bits per heavy atom. The van der Waals surface area contributed by atoms with Crippen molar-refractivity contribution >= 4 is 34.3 Å². The van der Waals surface area contributed by atoms with Gasteiger partial charge in [0.1, 0.15) is 29.1 Å². The number of hydrogen-bond donors (Lipinski definition) is 2. The molecule has 0 bridgehead atoms. The smallest absolute Gasteiger partial charge is 0.228 e. The molecule has 0 radical (unpaired) electrons. The predicted molar refractivity (Wildman–Crippen MR) is 143 cm³/mol. The molecule has 3 aromatic heterocycles. The van der Waals surface area contributed by atoms with E-state index in [2.05, 4.69) is 20.8 Å². The number of carbonyl (C=O) groups is 1. The van der Waals surface area contributed by atoms with Gasteiger partial charge in [0, 0.05) is 31.2 Å². The SMILES string of the molecule is COc1c(Nc2cc(NC(=O)C3CC3)nc3c2nc(C)n3C2CCCCO2)cccc1-c1nn(C)nc1C. The van der Waals surface area contributed by atoms with E-state index in [1.165, 1.54) is 0 Å². The summed E-state index contributed by atoms with van der Waals surface area (Å²) in [7, 11) is 3.43. The largest absolute Gasteiger partial charge is 0.494 e. The molecule has 1 aromatic carbocycles. The number of carbonyl (C=O) groups excluding carboxylic acids is 1. The molecule has 1 amide bonds. The van der Waals surface area contributed by atoms with E-state index in [0.29, 0.717) is 35.0 Å². The molecular formula is C27H32N8O3. The van der Waals surface area contributed by atoms with E-state index < -0.39 is 0 Å². The maximum Gasteiger partial charge on any atom is 0.228 e. The lowest BCUT2D eigenvalue weighted by molar-refractivity contribution is -0.117. The lowest BCUT2D eigenvalue weighted by Crippen LogP contribution is -2.20. The van der Waals surface area contributed by atoms with Crippen molar-refractivity contribution in [3.63, 3.8) is 0 Å². The van der Waals surface area contributed by atoms with Crippen LogP contribution in [0.4, 0.5) is 17.2 Å². The summed E-state index contributed by atoms with van der Waals surface area (Å²) in [5, 5.41) is 15.5. The van der Waals surface area contributed by atoms with Gasteiger partial charge >= 0.3 is 0 Å². The fourth-order valence-electron chi connectivity index (χ4n) is 5.12. The van der Waals surface area contributed by atoms with Crippen LogP contribution in [0.5, 0.6) is 5.75 Å². The summed E-state index contributed by atoms with van der Waals surface area (Å²) < 4.78 is 14.0. The lowest BCUT2D eigenvalue weighted by Gasteiger charge is -2.25. The molecule has 2 fully saturated rings. The van der Waals surface area contributed by atoms with E-state index in [4.69, 9.17) is 19.4 Å². The van der Waals surface area contributed by atoms with Gasteiger partial charge in [-0.3, -0.25) is 9.36 Å². The maximum atomic E-state index is 12.7. The fourth-order valence-corrected chi connectivity index (χ4v) is 5.12. The van der Waals surface area contributed by atoms with Crippen LogP contribution in [-0.2, 0) is 16.6 Å². The number of anilines is 3. The molecule has 1 unspecified atom stereocenters. The summed E-state index contributed by atoms with van der Waals surface area (Å²) in [5.74, 6) is 1.98. The summed E-state index contributed by atoms with van der Waals surface area (Å²) in [6.07, 6.45) is 4.71. The molecule has 1 saturated carbocycles. The Bertz CT molecular complexity index is 1510. The molecule has 11 heteroatoms. The number of nitrogens with zero attached hydrogens (tertiary/aromatic N) is 6. The number of methoxy groups -OCH3 is 1.